The van der Waals surface area contributed by atoms with E-state index in [9.17, 15) is 13.2 Å². The fourth-order valence-corrected chi connectivity index (χ4v) is 3.25. The highest BCUT2D eigenvalue weighted by molar-refractivity contribution is 7.87. The summed E-state index contributed by atoms with van der Waals surface area (Å²) in [7, 11) is -4.14. The van der Waals surface area contributed by atoms with Crippen molar-refractivity contribution < 1.29 is 17.4 Å². The first-order chi connectivity index (χ1) is 8.63. The lowest BCUT2D eigenvalue weighted by Crippen LogP contribution is -2.34. The number of carbonyl (C=O) groups excluding carboxylic acids is 1. The van der Waals surface area contributed by atoms with Crippen LogP contribution in [-0.4, -0.2) is 20.6 Å². The summed E-state index contributed by atoms with van der Waals surface area (Å²) in [6.07, 6.45) is -1.30. The van der Waals surface area contributed by atoms with Gasteiger partial charge in [-0.25, -0.2) is 0 Å². The molecular formula is C12H18N2O4S. The van der Waals surface area contributed by atoms with Gasteiger partial charge in [-0.3, -0.25) is 4.79 Å². The maximum atomic E-state index is 12.1. The van der Waals surface area contributed by atoms with Gasteiger partial charge < -0.3 is 15.7 Å². The quantitative estimate of drug-likeness (QED) is 0.615. The summed E-state index contributed by atoms with van der Waals surface area (Å²) in [5.74, 6) is -0.964. The molecule has 0 aromatic heterocycles. The first kappa shape index (κ1) is 15.6. The molecule has 0 radical (unpaired) electrons. The predicted molar refractivity (Wildman–Crippen MR) is 70.7 cm³/mol. The topological polar surface area (TPSA) is 112 Å². The Bertz CT molecular complexity index is 571. The number of rotatable bonds is 4. The number of hydrogen-bond acceptors (Lipinski definition) is 6. The van der Waals surface area contributed by atoms with Crippen LogP contribution in [0.3, 0.4) is 0 Å². The van der Waals surface area contributed by atoms with E-state index in [0.29, 0.717) is 11.1 Å². The van der Waals surface area contributed by atoms with E-state index >= 15 is 0 Å². The fraction of sp³-hybridized carbons (Fsp3) is 0.417. The zero-order chi connectivity index (χ0) is 14.8. The molecular weight excluding hydrogens is 268 g/mol. The minimum atomic E-state index is -4.14. The van der Waals surface area contributed by atoms with Crippen LogP contribution in [0.2, 0.25) is 0 Å². The molecule has 1 aromatic rings. The molecule has 0 aliphatic heterocycles. The highest BCUT2D eigenvalue weighted by Gasteiger charge is 2.25. The van der Waals surface area contributed by atoms with Gasteiger partial charge in [-0.15, -0.1) is 0 Å². The standard InChI is InChI=1S/C12H18N2O4S/c1-7-4-8(2)12(9(3)5-7)19(16,17)18-11(15)6-10(13)14/h4-5,10H,6,13-14H2,1-3H3. The van der Waals surface area contributed by atoms with Gasteiger partial charge in [-0.05, 0) is 31.9 Å². The van der Waals surface area contributed by atoms with Crippen molar-refractivity contribution in [2.24, 2.45) is 11.5 Å². The number of benzene rings is 1. The van der Waals surface area contributed by atoms with Crippen molar-refractivity contribution in [3.63, 3.8) is 0 Å². The highest BCUT2D eigenvalue weighted by atomic mass is 32.2. The van der Waals surface area contributed by atoms with Crippen molar-refractivity contribution in [2.45, 2.75) is 38.3 Å². The lowest BCUT2D eigenvalue weighted by Gasteiger charge is -2.12. The van der Waals surface area contributed by atoms with Gasteiger partial charge in [0.2, 0.25) is 0 Å². The summed E-state index contributed by atoms with van der Waals surface area (Å²) < 4.78 is 28.6. The summed E-state index contributed by atoms with van der Waals surface area (Å²) in [5.41, 5.74) is 12.4. The van der Waals surface area contributed by atoms with Crippen LogP contribution >= 0.6 is 0 Å². The van der Waals surface area contributed by atoms with Crippen LogP contribution in [0.25, 0.3) is 0 Å². The van der Waals surface area contributed by atoms with Crippen LogP contribution in [0.1, 0.15) is 23.1 Å². The maximum absolute atomic E-state index is 12.1. The predicted octanol–water partition coefficient (Wildman–Crippen LogP) is 0.477. The molecule has 1 aromatic carbocycles. The summed E-state index contributed by atoms with van der Waals surface area (Å²) in [6.45, 7) is 5.15. The average molecular weight is 286 g/mol. The van der Waals surface area contributed by atoms with Gasteiger partial charge in [0, 0.05) is 0 Å². The van der Waals surface area contributed by atoms with E-state index < -0.39 is 22.3 Å². The van der Waals surface area contributed by atoms with E-state index in [-0.39, 0.29) is 11.3 Å². The Hall–Kier alpha value is -1.44. The molecule has 0 bridgehead atoms. The van der Waals surface area contributed by atoms with Crippen LogP contribution in [0.5, 0.6) is 0 Å². The van der Waals surface area contributed by atoms with Gasteiger partial charge in [0.25, 0.3) is 0 Å². The molecule has 0 atom stereocenters. The first-order valence-corrected chi connectivity index (χ1v) is 7.10. The Kier molecular flexibility index (Phi) is 4.67. The molecule has 0 spiro atoms. The smallest absolute Gasteiger partial charge is 0.342 e. The van der Waals surface area contributed by atoms with E-state index in [2.05, 4.69) is 4.18 Å². The van der Waals surface area contributed by atoms with Gasteiger partial charge in [0.1, 0.15) is 4.90 Å². The Morgan fingerprint density at radius 1 is 1.21 bits per heavy atom. The van der Waals surface area contributed by atoms with E-state index in [1.165, 1.54) is 0 Å². The average Bonchev–Trinajstić information content (AvgIpc) is 2.10. The van der Waals surface area contributed by atoms with Crippen LogP contribution < -0.4 is 11.5 Å². The molecule has 0 saturated heterocycles. The third-order valence-electron chi connectivity index (χ3n) is 2.46. The Morgan fingerprint density at radius 2 is 1.68 bits per heavy atom. The summed E-state index contributed by atoms with van der Waals surface area (Å²) >= 11 is 0. The van der Waals surface area contributed by atoms with E-state index in [1.807, 2.05) is 6.92 Å². The Labute approximate surface area is 112 Å². The third kappa shape index (κ3) is 4.02. The summed E-state index contributed by atoms with van der Waals surface area (Å²) in [5, 5.41) is 0. The molecule has 0 aliphatic carbocycles. The zero-order valence-electron chi connectivity index (χ0n) is 11.1. The molecule has 19 heavy (non-hydrogen) atoms. The van der Waals surface area contributed by atoms with Gasteiger partial charge in [0.15, 0.2) is 0 Å². The van der Waals surface area contributed by atoms with Gasteiger partial charge >= 0.3 is 16.1 Å². The molecule has 1 rings (SSSR count). The normalized spacial score (nSPS) is 11.7. The van der Waals surface area contributed by atoms with Crippen molar-refractivity contribution in [3.05, 3.63) is 28.8 Å². The van der Waals surface area contributed by atoms with Gasteiger partial charge in [0.05, 0.1) is 12.6 Å². The molecule has 0 heterocycles. The van der Waals surface area contributed by atoms with Gasteiger partial charge in [-0.1, -0.05) is 17.7 Å². The number of carbonyl (C=O) groups is 1. The number of hydrogen-bond donors (Lipinski definition) is 2. The number of nitrogens with two attached hydrogens (primary N) is 2. The van der Waals surface area contributed by atoms with E-state index in [0.717, 1.165) is 5.56 Å². The van der Waals surface area contributed by atoms with Crippen LogP contribution in [0, 0.1) is 20.8 Å². The molecule has 0 unspecified atom stereocenters. The highest BCUT2D eigenvalue weighted by Crippen LogP contribution is 2.23. The fourth-order valence-electron chi connectivity index (χ4n) is 1.95. The van der Waals surface area contributed by atoms with Crippen LogP contribution in [0.4, 0.5) is 0 Å². The third-order valence-corrected chi connectivity index (χ3v) is 4.01. The summed E-state index contributed by atoms with van der Waals surface area (Å²) in [6, 6.07) is 3.42. The van der Waals surface area contributed by atoms with E-state index in [1.54, 1.807) is 26.0 Å². The lowest BCUT2D eigenvalue weighted by atomic mass is 10.1. The SMILES string of the molecule is Cc1cc(C)c(S(=O)(=O)OC(=O)CC(N)N)c(C)c1. The van der Waals surface area contributed by atoms with Crippen LogP contribution in [-0.2, 0) is 19.1 Å². The van der Waals surface area contributed by atoms with Crippen molar-refractivity contribution in [2.75, 3.05) is 0 Å². The van der Waals surface area contributed by atoms with Crippen molar-refractivity contribution >= 4 is 16.1 Å². The lowest BCUT2D eigenvalue weighted by molar-refractivity contribution is -0.134. The monoisotopic (exact) mass is 286 g/mol. The van der Waals surface area contributed by atoms with Crippen molar-refractivity contribution in [1.29, 1.82) is 0 Å². The molecule has 4 N–H and O–H groups in total. The molecule has 7 heteroatoms. The Balaban J connectivity index is 3.12. The minimum Gasteiger partial charge on any atom is -0.342 e. The van der Waals surface area contributed by atoms with Crippen LogP contribution in [0.15, 0.2) is 17.0 Å². The van der Waals surface area contributed by atoms with Gasteiger partial charge in [-0.2, -0.15) is 8.42 Å². The van der Waals surface area contributed by atoms with Crippen molar-refractivity contribution in [1.82, 2.24) is 0 Å². The maximum Gasteiger partial charge on any atom is 0.342 e. The first-order valence-electron chi connectivity index (χ1n) is 5.70. The van der Waals surface area contributed by atoms with Crippen molar-refractivity contribution in [3.8, 4) is 0 Å². The Morgan fingerprint density at radius 3 is 2.11 bits per heavy atom. The van der Waals surface area contributed by atoms with E-state index in [4.69, 9.17) is 11.5 Å². The summed E-state index contributed by atoms with van der Waals surface area (Å²) in [4.78, 5) is 11.4. The molecule has 0 aliphatic rings. The minimum absolute atomic E-state index is 0.0112. The largest absolute Gasteiger partial charge is 0.342 e. The molecule has 0 amide bonds. The second-order valence-corrected chi connectivity index (χ2v) is 5.99. The second-order valence-electron chi connectivity index (χ2n) is 4.51. The molecule has 0 fully saturated rings. The second kappa shape index (κ2) is 5.68. The number of aryl methyl sites for hydroxylation is 3. The molecule has 6 nitrogen and oxygen atoms in total. The molecule has 0 saturated carbocycles. The zero-order valence-corrected chi connectivity index (χ0v) is 12.0. The molecule has 106 valence electrons.